The maximum Gasteiger partial charge on any atom is 0.146 e. The van der Waals surface area contributed by atoms with Crippen LogP contribution < -0.4 is 15.4 Å². The molecular weight excluding hydrogens is 434 g/mol. The molecule has 0 unspecified atom stereocenters. The first-order valence-corrected chi connectivity index (χ1v) is 11.4. The number of aromatic nitrogens is 1. The zero-order chi connectivity index (χ0) is 22.2. The lowest BCUT2D eigenvalue weighted by atomic mass is 10.1. The second kappa shape index (κ2) is 8.30. The summed E-state index contributed by atoms with van der Waals surface area (Å²) in [5.74, 6) is 3.24. The average Bonchev–Trinajstić information content (AvgIpc) is 3.62. The lowest BCUT2D eigenvalue weighted by Gasteiger charge is -2.10. The van der Waals surface area contributed by atoms with Crippen LogP contribution in [0.4, 0.5) is 0 Å². The Morgan fingerprint density at radius 3 is 2.12 bits per heavy atom. The van der Waals surface area contributed by atoms with Gasteiger partial charge in [-0.05, 0) is 60.2 Å². The third-order valence-corrected chi connectivity index (χ3v) is 6.14. The topological polar surface area (TPSA) is 73.8 Å². The summed E-state index contributed by atoms with van der Waals surface area (Å²) in [6, 6.07) is 22.2. The minimum absolute atomic E-state index is 0.558. The monoisotopic (exact) mass is 455 g/mol. The number of aromatic amines is 1. The molecular formula is C26H22ClN5O. The van der Waals surface area contributed by atoms with E-state index in [0.29, 0.717) is 10.8 Å². The highest BCUT2D eigenvalue weighted by atomic mass is 35.5. The predicted octanol–water partition coefficient (Wildman–Crippen LogP) is 4.98. The summed E-state index contributed by atoms with van der Waals surface area (Å²) >= 11 is 6.58. The van der Waals surface area contributed by atoms with Gasteiger partial charge in [-0.1, -0.05) is 23.7 Å². The summed E-state index contributed by atoms with van der Waals surface area (Å²) in [6.45, 7) is 3.43. The third-order valence-electron chi connectivity index (χ3n) is 5.84. The van der Waals surface area contributed by atoms with Gasteiger partial charge in [-0.15, -0.1) is 0 Å². The second-order valence-corrected chi connectivity index (χ2v) is 8.48. The molecule has 3 aromatic carbocycles. The number of hydrogen-bond acceptors (Lipinski definition) is 5. The fourth-order valence-corrected chi connectivity index (χ4v) is 4.39. The van der Waals surface area contributed by atoms with E-state index in [2.05, 4.69) is 49.9 Å². The van der Waals surface area contributed by atoms with Gasteiger partial charge in [0.2, 0.25) is 0 Å². The number of aliphatic imine (C=N–C) groups is 2. The number of amidine groups is 2. The Bertz CT molecular complexity index is 1400. The molecule has 0 saturated heterocycles. The number of hydrogen-bond donors (Lipinski definition) is 3. The molecule has 33 heavy (non-hydrogen) atoms. The molecule has 3 heterocycles. The van der Waals surface area contributed by atoms with Crippen molar-refractivity contribution in [1.29, 1.82) is 0 Å². The molecule has 0 bridgehead atoms. The molecule has 0 atom stereocenters. The van der Waals surface area contributed by atoms with Crippen LogP contribution in [0, 0.1) is 0 Å². The van der Waals surface area contributed by atoms with Gasteiger partial charge in [-0.3, -0.25) is 9.98 Å². The molecule has 7 heteroatoms. The van der Waals surface area contributed by atoms with E-state index in [1.54, 1.807) is 0 Å². The summed E-state index contributed by atoms with van der Waals surface area (Å²) in [5, 5.41) is 8.30. The van der Waals surface area contributed by atoms with Crippen molar-refractivity contribution in [3.8, 4) is 22.8 Å². The third kappa shape index (κ3) is 3.94. The highest BCUT2D eigenvalue weighted by molar-refractivity contribution is 6.32. The summed E-state index contributed by atoms with van der Waals surface area (Å²) in [5.41, 5.74) is 5.22. The van der Waals surface area contributed by atoms with Crippen LogP contribution >= 0.6 is 11.6 Å². The zero-order valence-corrected chi connectivity index (χ0v) is 18.6. The Morgan fingerprint density at radius 1 is 0.727 bits per heavy atom. The van der Waals surface area contributed by atoms with E-state index in [4.69, 9.17) is 16.3 Å². The minimum atomic E-state index is 0.558. The molecule has 0 radical (unpaired) electrons. The van der Waals surface area contributed by atoms with Crippen LogP contribution in [0.25, 0.3) is 22.2 Å². The predicted molar refractivity (Wildman–Crippen MR) is 134 cm³/mol. The van der Waals surface area contributed by atoms with Gasteiger partial charge in [-0.2, -0.15) is 0 Å². The summed E-state index contributed by atoms with van der Waals surface area (Å²) in [6.07, 6.45) is 0. The van der Waals surface area contributed by atoms with Crippen molar-refractivity contribution in [1.82, 2.24) is 15.6 Å². The van der Waals surface area contributed by atoms with Gasteiger partial charge in [0.05, 0.1) is 18.1 Å². The first-order valence-electron chi connectivity index (χ1n) is 11.0. The number of fused-ring (bicyclic) bond motifs is 1. The maximum absolute atomic E-state index is 6.58. The molecule has 0 saturated carbocycles. The molecule has 1 aromatic heterocycles. The minimum Gasteiger partial charge on any atom is -0.456 e. The summed E-state index contributed by atoms with van der Waals surface area (Å²) in [7, 11) is 0. The van der Waals surface area contributed by atoms with Crippen LogP contribution in [0.1, 0.15) is 11.1 Å². The lowest BCUT2D eigenvalue weighted by molar-refractivity contribution is 0.483. The average molecular weight is 456 g/mol. The van der Waals surface area contributed by atoms with E-state index in [0.717, 1.165) is 76.9 Å². The Kier molecular flexibility index (Phi) is 5.00. The first-order chi connectivity index (χ1) is 16.2. The van der Waals surface area contributed by atoms with Crippen molar-refractivity contribution < 1.29 is 4.74 Å². The Hall–Kier alpha value is -3.77. The number of benzene rings is 3. The molecule has 3 N–H and O–H groups in total. The molecule has 4 aromatic rings. The fourth-order valence-electron chi connectivity index (χ4n) is 4.17. The number of nitrogens with zero attached hydrogens (tertiary/aromatic N) is 2. The van der Waals surface area contributed by atoms with Gasteiger partial charge in [0.25, 0.3) is 0 Å². The SMILES string of the molecule is Clc1cc(-c2cc3ccc(C4=NCCN4)cc3[nH]2)ccc1Oc1ccc(C2=NCCN2)cc1. The highest BCUT2D eigenvalue weighted by Crippen LogP contribution is 2.34. The van der Waals surface area contributed by atoms with Gasteiger partial charge in [0.15, 0.2) is 0 Å². The van der Waals surface area contributed by atoms with Crippen LogP contribution in [0.15, 0.2) is 76.7 Å². The van der Waals surface area contributed by atoms with Gasteiger partial charge in [0, 0.05) is 40.8 Å². The second-order valence-electron chi connectivity index (χ2n) is 8.07. The lowest BCUT2D eigenvalue weighted by Crippen LogP contribution is -2.19. The molecule has 0 amide bonds. The molecule has 2 aliphatic rings. The van der Waals surface area contributed by atoms with Crippen LogP contribution in [-0.4, -0.2) is 42.8 Å². The quantitative estimate of drug-likeness (QED) is 0.397. The van der Waals surface area contributed by atoms with E-state index in [9.17, 15) is 0 Å². The first kappa shape index (κ1) is 19.9. The van der Waals surface area contributed by atoms with Crippen molar-refractivity contribution in [2.45, 2.75) is 0 Å². The Labute approximate surface area is 196 Å². The van der Waals surface area contributed by atoms with E-state index in [-0.39, 0.29) is 0 Å². The highest BCUT2D eigenvalue weighted by Gasteiger charge is 2.12. The Morgan fingerprint density at radius 2 is 1.42 bits per heavy atom. The van der Waals surface area contributed by atoms with Gasteiger partial charge < -0.3 is 20.4 Å². The molecule has 0 fully saturated rings. The molecule has 6 nitrogen and oxygen atoms in total. The normalized spacial score (nSPS) is 15.2. The number of halogens is 1. The van der Waals surface area contributed by atoms with Gasteiger partial charge >= 0.3 is 0 Å². The molecule has 0 aliphatic carbocycles. The number of rotatable bonds is 5. The molecule has 0 spiro atoms. The van der Waals surface area contributed by atoms with E-state index >= 15 is 0 Å². The van der Waals surface area contributed by atoms with E-state index in [1.807, 2.05) is 42.5 Å². The van der Waals surface area contributed by atoms with Gasteiger partial charge in [0.1, 0.15) is 23.2 Å². The molecule has 164 valence electrons. The Balaban J connectivity index is 1.22. The maximum atomic E-state index is 6.58. The van der Waals surface area contributed by atoms with Crippen molar-refractivity contribution in [2.24, 2.45) is 9.98 Å². The standard InChI is InChI=1S/C26H22ClN5O/c27-21-13-17(22-14-18-1-2-19(15-23(18)32-22)26-30-11-12-31-26)5-8-24(21)33-20-6-3-16(4-7-20)25-28-9-10-29-25/h1-8,13-15,32H,9-12H2,(H,28,29)(H,30,31). The molecule has 2 aliphatic heterocycles. The van der Waals surface area contributed by atoms with E-state index in [1.165, 1.54) is 0 Å². The van der Waals surface area contributed by atoms with Crippen molar-refractivity contribution in [2.75, 3.05) is 26.2 Å². The number of H-pyrrole nitrogens is 1. The smallest absolute Gasteiger partial charge is 0.146 e. The number of ether oxygens (including phenoxy) is 1. The fraction of sp³-hybridized carbons (Fsp3) is 0.154. The van der Waals surface area contributed by atoms with Crippen LogP contribution in [0.3, 0.4) is 0 Å². The van der Waals surface area contributed by atoms with Crippen molar-refractivity contribution in [3.63, 3.8) is 0 Å². The van der Waals surface area contributed by atoms with Crippen LogP contribution in [0.5, 0.6) is 11.5 Å². The molecule has 6 rings (SSSR count). The number of nitrogens with one attached hydrogen (secondary N) is 3. The largest absolute Gasteiger partial charge is 0.456 e. The van der Waals surface area contributed by atoms with Crippen LogP contribution in [-0.2, 0) is 0 Å². The van der Waals surface area contributed by atoms with Crippen LogP contribution in [0.2, 0.25) is 5.02 Å². The van der Waals surface area contributed by atoms with E-state index < -0.39 is 0 Å². The zero-order valence-electron chi connectivity index (χ0n) is 17.9. The van der Waals surface area contributed by atoms with Crippen molar-refractivity contribution >= 4 is 34.2 Å². The summed E-state index contributed by atoms with van der Waals surface area (Å²) < 4.78 is 6.03. The summed E-state index contributed by atoms with van der Waals surface area (Å²) in [4.78, 5) is 12.5. The van der Waals surface area contributed by atoms with Crippen molar-refractivity contribution in [3.05, 3.63) is 82.9 Å². The van der Waals surface area contributed by atoms with Gasteiger partial charge in [-0.25, -0.2) is 0 Å².